The second kappa shape index (κ2) is 6.50. The second-order valence-corrected chi connectivity index (χ2v) is 5.27. The Labute approximate surface area is 116 Å². The molecule has 1 amide bonds. The van der Waals surface area contributed by atoms with Crippen LogP contribution in [0.2, 0.25) is 0 Å². The average molecular weight is 275 g/mol. The molecule has 2 rings (SSSR count). The van der Waals surface area contributed by atoms with Crippen LogP contribution in [-0.2, 0) is 17.8 Å². The van der Waals surface area contributed by atoms with Gasteiger partial charge in [-0.3, -0.25) is 4.79 Å². The van der Waals surface area contributed by atoms with Crippen molar-refractivity contribution in [2.75, 3.05) is 5.32 Å². The molecule has 0 fully saturated rings. The molecule has 0 aliphatic heterocycles. The molecular formula is C15H17NO2S. The molecule has 4 heteroatoms. The predicted molar refractivity (Wildman–Crippen MR) is 78.4 cm³/mol. The number of amides is 1. The Morgan fingerprint density at radius 2 is 2.16 bits per heavy atom. The summed E-state index contributed by atoms with van der Waals surface area (Å²) in [5.41, 5.74) is 3.78. The van der Waals surface area contributed by atoms with Crippen molar-refractivity contribution in [2.24, 2.45) is 0 Å². The number of aryl methyl sites for hydroxylation is 2. The molecule has 0 aliphatic rings. The van der Waals surface area contributed by atoms with Crippen LogP contribution >= 0.6 is 11.3 Å². The summed E-state index contributed by atoms with van der Waals surface area (Å²) < 4.78 is 0. The van der Waals surface area contributed by atoms with E-state index in [1.807, 2.05) is 36.6 Å². The van der Waals surface area contributed by atoms with E-state index in [9.17, 15) is 4.79 Å². The quantitative estimate of drug-likeness (QED) is 0.881. The number of nitrogens with one attached hydrogen (secondary N) is 1. The van der Waals surface area contributed by atoms with Crippen molar-refractivity contribution < 1.29 is 9.90 Å². The highest BCUT2D eigenvalue weighted by Crippen LogP contribution is 2.17. The maximum Gasteiger partial charge on any atom is 0.224 e. The zero-order valence-electron chi connectivity index (χ0n) is 10.8. The lowest BCUT2D eigenvalue weighted by molar-refractivity contribution is -0.116. The summed E-state index contributed by atoms with van der Waals surface area (Å²) in [6, 6.07) is 7.61. The minimum atomic E-state index is -0.0158. The van der Waals surface area contributed by atoms with Gasteiger partial charge in [0.2, 0.25) is 5.91 Å². The van der Waals surface area contributed by atoms with Crippen molar-refractivity contribution in [3.8, 4) is 0 Å². The van der Waals surface area contributed by atoms with Crippen molar-refractivity contribution in [1.29, 1.82) is 0 Å². The smallest absolute Gasteiger partial charge is 0.224 e. The third-order valence-corrected chi connectivity index (χ3v) is 3.71. The van der Waals surface area contributed by atoms with E-state index in [2.05, 4.69) is 10.7 Å². The van der Waals surface area contributed by atoms with Crippen LogP contribution in [0, 0.1) is 6.92 Å². The van der Waals surface area contributed by atoms with Gasteiger partial charge in [-0.25, -0.2) is 0 Å². The first-order valence-electron chi connectivity index (χ1n) is 6.20. The van der Waals surface area contributed by atoms with Crippen LogP contribution < -0.4 is 5.32 Å². The minimum absolute atomic E-state index is 0.00406. The Balaban J connectivity index is 1.94. The number of rotatable bonds is 5. The first-order chi connectivity index (χ1) is 9.19. The van der Waals surface area contributed by atoms with Gasteiger partial charge in [-0.05, 0) is 52.9 Å². The molecule has 1 heterocycles. The second-order valence-electron chi connectivity index (χ2n) is 4.49. The number of thiophene rings is 1. The highest BCUT2D eigenvalue weighted by molar-refractivity contribution is 7.07. The van der Waals surface area contributed by atoms with Crippen LogP contribution in [0.1, 0.15) is 23.1 Å². The summed E-state index contributed by atoms with van der Waals surface area (Å²) in [4.78, 5) is 11.9. The molecule has 1 aromatic heterocycles. The monoisotopic (exact) mass is 275 g/mol. The Morgan fingerprint density at radius 3 is 2.84 bits per heavy atom. The van der Waals surface area contributed by atoms with E-state index in [4.69, 9.17) is 5.11 Å². The number of aliphatic hydroxyl groups is 1. The summed E-state index contributed by atoms with van der Waals surface area (Å²) in [6.07, 6.45) is 1.23. The van der Waals surface area contributed by atoms with E-state index >= 15 is 0 Å². The molecule has 0 aliphatic carbocycles. The first kappa shape index (κ1) is 13.8. The van der Waals surface area contributed by atoms with Crippen LogP contribution in [0.4, 0.5) is 5.69 Å². The molecule has 0 unspecified atom stereocenters. The molecule has 100 valence electrons. The third kappa shape index (κ3) is 3.91. The number of benzene rings is 1. The molecule has 0 bridgehead atoms. The Bertz CT molecular complexity index is 549. The predicted octanol–water partition coefficient (Wildman–Crippen LogP) is 3.12. The molecule has 2 aromatic rings. The first-order valence-corrected chi connectivity index (χ1v) is 7.14. The van der Waals surface area contributed by atoms with E-state index in [1.54, 1.807) is 11.3 Å². The van der Waals surface area contributed by atoms with Gasteiger partial charge in [-0.15, -0.1) is 0 Å². The topological polar surface area (TPSA) is 49.3 Å². The summed E-state index contributed by atoms with van der Waals surface area (Å²) in [5.74, 6) is 0.00406. The molecular weight excluding hydrogens is 258 g/mol. The van der Waals surface area contributed by atoms with Crippen molar-refractivity contribution in [1.82, 2.24) is 0 Å². The Kier molecular flexibility index (Phi) is 4.71. The lowest BCUT2D eigenvalue weighted by atomic mass is 10.1. The van der Waals surface area contributed by atoms with Crippen molar-refractivity contribution >= 4 is 22.9 Å². The van der Waals surface area contributed by atoms with E-state index in [-0.39, 0.29) is 12.5 Å². The highest BCUT2D eigenvalue weighted by atomic mass is 32.1. The number of carbonyl (C=O) groups is 1. The molecule has 0 radical (unpaired) electrons. The van der Waals surface area contributed by atoms with Gasteiger partial charge in [0, 0.05) is 12.1 Å². The number of hydrogen-bond donors (Lipinski definition) is 2. The fourth-order valence-corrected chi connectivity index (χ4v) is 2.51. The summed E-state index contributed by atoms with van der Waals surface area (Å²) >= 11 is 1.64. The normalized spacial score (nSPS) is 10.4. The molecule has 1 aromatic carbocycles. The van der Waals surface area contributed by atoms with Gasteiger partial charge in [-0.1, -0.05) is 12.1 Å². The van der Waals surface area contributed by atoms with Crippen LogP contribution in [0.5, 0.6) is 0 Å². The Morgan fingerprint density at radius 1 is 1.32 bits per heavy atom. The maximum atomic E-state index is 11.9. The summed E-state index contributed by atoms with van der Waals surface area (Å²) in [5, 5.41) is 16.1. The van der Waals surface area contributed by atoms with Gasteiger partial charge in [0.1, 0.15) is 0 Å². The number of anilines is 1. The van der Waals surface area contributed by atoms with Gasteiger partial charge in [0.05, 0.1) is 6.61 Å². The largest absolute Gasteiger partial charge is 0.392 e. The van der Waals surface area contributed by atoms with Gasteiger partial charge in [-0.2, -0.15) is 11.3 Å². The van der Waals surface area contributed by atoms with Gasteiger partial charge >= 0.3 is 0 Å². The standard InChI is InChI=1S/C15H17NO2S/c1-11-2-3-13(9-17)8-14(11)16-15(18)5-4-12-6-7-19-10-12/h2-3,6-8,10,17H,4-5,9H2,1H3,(H,16,18). The summed E-state index contributed by atoms with van der Waals surface area (Å²) in [6.45, 7) is 1.92. The Hall–Kier alpha value is -1.65. The van der Waals surface area contributed by atoms with E-state index < -0.39 is 0 Å². The molecule has 0 saturated carbocycles. The molecule has 3 nitrogen and oxygen atoms in total. The van der Waals surface area contributed by atoms with Crippen LogP contribution in [-0.4, -0.2) is 11.0 Å². The van der Waals surface area contributed by atoms with Gasteiger partial charge in [0.25, 0.3) is 0 Å². The van der Waals surface area contributed by atoms with Crippen molar-refractivity contribution in [3.63, 3.8) is 0 Å². The molecule has 19 heavy (non-hydrogen) atoms. The molecule has 0 spiro atoms. The SMILES string of the molecule is Cc1ccc(CO)cc1NC(=O)CCc1ccsc1. The van der Waals surface area contributed by atoms with Crippen LogP contribution in [0.15, 0.2) is 35.0 Å². The molecule has 0 atom stereocenters. The molecule has 2 N–H and O–H groups in total. The lowest BCUT2D eigenvalue weighted by Gasteiger charge is -2.09. The minimum Gasteiger partial charge on any atom is -0.392 e. The van der Waals surface area contributed by atoms with E-state index in [0.717, 1.165) is 23.2 Å². The van der Waals surface area contributed by atoms with Crippen molar-refractivity contribution in [3.05, 3.63) is 51.7 Å². The zero-order chi connectivity index (χ0) is 13.7. The zero-order valence-corrected chi connectivity index (χ0v) is 11.7. The number of aliphatic hydroxyl groups excluding tert-OH is 1. The molecule has 0 saturated heterocycles. The maximum absolute atomic E-state index is 11.9. The lowest BCUT2D eigenvalue weighted by Crippen LogP contribution is -2.13. The van der Waals surface area contributed by atoms with Crippen molar-refractivity contribution in [2.45, 2.75) is 26.4 Å². The van der Waals surface area contributed by atoms with E-state index in [0.29, 0.717) is 6.42 Å². The number of carbonyl (C=O) groups excluding carboxylic acids is 1. The van der Waals surface area contributed by atoms with Crippen LogP contribution in [0.25, 0.3) is 0 Å². The fourth-order valence-electron chi connectivity index (χ4n) is 1.81. The van der Waals surface area contributed by atoms with Gasteiger partial charge < -0.3 is 10.4 Å². The average Bonchev–Trinajstić information content (AvgIpc) is 2.92. The third-order valence-electron chi connectivity index (χ3n) is 2.98. The summed E-state index contributed by atoms with van der Waals surface area (Å²) in [7, 11) is 0. The van der Waals surface area contributed by atoms with Crippen LogP contribution in [0.3, 0.4) is 0 Å². The fraction of sp³-hybridized carbons (Fsp3) is 0.267. The number of hydrogen-bond acceptors (Lipinski definition) is 3. The highest BCUT2D eigenvalue weighted by Gasteiger charge is 2.06. The van der Waals surface area contributed by atoms with E-state index in [1.165, 1.54) is 5.56 Å². The van der Waals surface area contributed by atoms with Gasteiger partial charge in [0.15, 0.2) is 0 Å².